The van der Waals surface area contributed by atoms with Crippen molar-refractivity contribution >= 4 is 32.4 Å². The van der Waals surface area contributed by atoms with Crippen LogP contribution in [0.15, 0.2) is 182 Å². The second kappa shape index (κ2) is 11.8. The second-order valence-corrected chi connectivity index (χ2v) is 12.2. The summed E-state index contributed by atoms with van der Waals surface area (Å²) in [5, 5.41) is 5.88. The predicted octanol–water partition coefficient (Wildman–Crippen LogP) is 12.3. The van der Waals surface area contributed by atoms with Crippen LogP contribution in [0.5, 0.6) is 0 Å². The van der Waals surface area contributed by atoms with Crippen LogP contribution in [0.3, 0.4) is 0 Å². The van der Waals surface area contributed by atoms with Gasteiger partial charge in [-0.2, -0.15) is 0 Å². The molecular formula is C46H30N2. The number of aromatic nitrogens is 2. The highest BCUT2D eigenvalue weighted by atomic mass is 14.9. The van der Waals surface area contributed by atoms with Crippen molar-refractivity contribution in [3.05, 3.63) is 182 Å². The first-order valence-electron chi connectivity index (χ1n) is 16.3. The van der Waals surface area contributed by atoms with Crippen LogP contribution < -0.4 is 0 Å². The molecule has 0 fully saturated rings. The Morgan fingerprint density at radius 2 is 0.833 bits per heavy atom. The second-order valence-electron chi connectivity index (χ2n) is 12.2. The Morgan fingerprint density at radius 3 is 1.60 bits per heavy atom. The van der Waals surface area contributed by atoms with Gasteiger partial charge in [-0.3, -0.25) is 0 Å². The van der Waals surface area contributed by atoms with E-state index in [2.05, 4.69) is 164 Å². The number of rotatable bonds is 5. The van der Waals surface area contributed by atoms with Crippen LogP contribution in [-0.4, -0.2) is 9.97 Å². The molecule has 224 valence electrons. The maximum atomic E-state index is 5.15. The number of nitrogens with zero attached hydrogens (tertiary/aromatic N) is 2. The summed E-state index contributed by atoms with van der Waals surface area (Å²) < 4.78 is 0. The Balaban J connectivity index is 1.10. The zero-order valence-electron chi connectivity index (χ0n) is 26.2. The number of benzene rings is 8. The maximum Gasteiger partial charge on any atom is 0.160 e. The molecule has 2 heteroatoms. The Bertz CT molecular complexity index is 2600. The molecule has 48 heavy (non-hydrogen) atoms. The molecule has 0 aliphatic heterocycles. The van der Waals surface area contributed by atoms with E-state index in [0.717, 1.165) is 44.5 Å². The Morgan fingerprint density at radius 1 is 0.292 bits per heavy atom. The minimum Gasteiger partial charge on any atom is -0.227 e. The summed E-state index contributed by atoms with van der Waals surface area (Å²) in [5.74, 6) is 0.733. The van der Waals surface area contributed by atoms with Crippen molar-refractivity contribution in [2.45, 2.75) is 0 Å². The molecule has 9 aromatic rings. The van der Waals surface area contributed by atoms with Crippen LogP contribution >= 0.6 is 0 Å². The smallest absolute Gasteiger partial charge is 0.160 e. The van der Waals surface area contributed by atoms with Gasteiger partial charge in [-0.25, -0.2) is 9.97 Å². The Labute approximate surface area is 279 Å². The van der Waals surface area contributed by atoms with E-state index >= 15 is 0 Å². The molecule has 0 aliphatic carbocycles. The standard InChI is InChI=1S/C46H30N2/c1-2-13-35(14-3-1)46-47-44(43-28-27-33-12-5-7-21-42(33)45(43)48-46)34-25-23-31(24-26-34)36-16-8-17-37(29-36)38-18-9-19-39(30-38)41-22-10-15-32-11-4-6-20-40(32)41/h1-30H. The molecule has 1 aromatic heterocycles. The van der Waals surface area contributed by atoms with E-state index < -0.39 is 0 Å². The molecule has 1 heterocycles. The molecule has 0 N–H and O–H groups in total. The number of hydrogen-bond acceptors (Lipinski definition) is 2. The molecule has 0 bridgehead atoms. The van der Waals surface area contributed by atoms with Gasteiger partial charge in [0.25, 0.3) is 0 Å². The predicted molar refractivity (Wildman–Crippen MR) is 202 cm³/mol. The zero-order chi connectivity index (χ0) is 31.9. The van der Waals surface area contributed by atoms with Gasteiger partial charge in [0.05, 0.1) is 11.2 Å². The van der Waals surface area contributed by atoms with Gasteiger partial charge in [0.1, 0.15) is 0 Å². The van der Waals surface area contributed by atoms with Crippen molar-refractivity contribution in [3.8, 4) is 56.0 Å². The van der Waals surface area contributed by atoms with Crippen molar-refractivity contribution in [1.29, 1.82) is 0 Å². The zero-order valence-corrected chi connectivity index (χ0v) is 26.2. The first-order chi connectivity index (χ1) is 23.8. The minimum atomic E-state index is 0.733. The van der Waals surface area contributed by atoms with Gasteiger partial charge in [-0.15, -0.1) is 0 Å². The van der Waals surface area contributed by atoms with Crippen LogP contribution in [0.1, 0.15) is 0 Å². The summed E-state index contributed by atoms with van der Waals surface area (Å²) >= 11 is 0. The molecular weight excluding hydrogens is 581 g/mol. The molecule has 0 unspecified atom stereocenters. The van der Waals surface area contributed by atoms with Crippen LogP contribution in [0, 0.1) is 0 Å². The molecule has 2 nitrogen and oxygen atoms in total. The highest BCUT2D eigenvalue weighted by Gasteiger charge is 2.14. The molecule has 9 rings (SSSR count). The largest absolute Gasteiger partial charge is 0.227 e. The fourth-order valence-corrected chi connectivity index (χ4v) is 6.84. The van der Waals surface area contributed by atoms with E-state index in [9.17, 15) is 0 Å². The minimum absolute atomic E-state index is 0.733. The average molecular weight is 611 g/mol. The van der Waals surface area contributed by atoms with E-state index in [4.69, 9.17) is 9.97 Å². The third-order valence-corrected chi connectivity index (χ3v) is 9.27. The molecule has 0 saturated carbocycles. The molecule has 0 amide bonds. The van der Waals surface area contributed by atoms with Crippen LogP contribution in [0.4, 0.5) is 0 Å². The highest BCUT2D eigenvalue weighted by Crippen LogP contribution is 2.36. The van der Waals surface area contributed by atoms with Gasteiger partial charge in [0.2, 0.25) is 0 Å². The quantitative estimate of drug-likeness (QED) is 0.181. The Kier molecular flexibility index (Phi) is 6.84. The topological polar surface area (TPSA) is 25.8 Å². The van der Waals surface area contributed by atoms with E-state index in [1.807, 2.05) is 18.2 Å². The van der Waals surface area contributed by atoms with Crippen LogP contribution in [0.25, 0.3) is 88.5 Å². The van der Waals surface area contributed by atoms with Gasteiger partial charge in [0.15, 0.2) is 5.82 Å². The molecule has 0 radical (unpaired) electrons. The monoisotopic (exact) mass is 610 g/mol. The molecule has 8 aromatic carbocycles. The fourth-order valence-electron chi connectivity index (χ4n) is 6.84. The van der Waals surface area contributed by atoms with Gasteiger partial charge in [0, 0.05) is 21.9 Å². The Hall–Kier alpha value is -6.38. The molecule has 0 spiro atoms. The van der Waals surface area contributed by atoms with Crippen molar-refractivity contribution in [3.63, 3.8) is 0 Å². The third-order valence-electron chi connectivity index (χ3n) is 9.27. The first-order valence-corrected chi connectivity index (χ1v) is 16.3. The maximum absolute atomic E-state index is 5.15. The fraction of sp³-hybridized carbons (Fsp3) is 0. The summed E-state index contributed by atoms with van der Waals surface area (Å²) in [6.07, 6.45) is 0. The summed E-state index contributed by atoms with van der Waals surface area (Å²) in [6, 6.07) is 64.6. The lowest BCUT2D eigenvalue weighted by Crippen LogP contribution is -1.96. The molecule has 0 atom stereocenters. The van der Waals surface area contributed by atoms with Gasteiger partial charge >= 0.3 is 0 Å². The lowest BCUT2D eigenvalue weighted by molar-refractivity contribution is 1.23. The van der Waals surface area contributed by atoms with E-state index in [1.54, 1.807) is 0 Å². The van der Waals surface area contributed by atoms with E-state index in [0.29, 0.717) is 0 Å². The summed E-state index contributed by atoms with van der Waals surface area (Å²) in [6.45, 7) is 0. The molecule has 0 aliphatic rings. The average Bonchev–Trinajstić information content (AvgIpc) is 3.17. The van der Waals surface area contributed by atoms with Crippen LogP contribution in [0.2, 0.25) is 0 Å². The van der Waals surface area contributed by atoms with Crippen molar-refractivity contribution in [2.75, 3.05) is 0 Å². The van der Waals surface area contributed by atoms with Gasteiger partial charge < -0.3 is 0 Å². The summed E-state index contributed by atoms with van der Waals surface area (Å²) in [4.78, 5) is 10.2. The lowest BCUT2D eigenvalue weighted by Gasteiger charge is -2.12. The van der Waals surface area contributed by atoms with Gasteiger partial charge in [-0.05, 0) is 67.7 Å². The van der Waals surface area contributed by atoms with Crippen LogP contribution in [-0.2, 0) is 0 Å². The van der Waals surface area contributed by atoms with E-state index in [-0.39, 0.29) is 0 Å². The van der Waals surface area contributed by atoms with Crippen molar-refractivity contribution in [1.82, 2.24) is 9.97 Å². The third kappa shape index (κ3) is 5.01. The SMILES string of the molecule is c1ccc(-c2nc(-c3ccc(-c4cccc(-c5cccc(-c6cccc7ccccc67)c5)c4)cc3)c3ccc4ccccc4c3n2)cc1. The number of hydrogen-bond donors (Lipinski definition) is 0. The normalized spacial score (nSPS) is 11.3. The number of fused-ring (bicyclic) bond motifs is 4. The summed E-state index contributed by atoms with van der Waals surface area (Å²) in [5.41, 5.74) is 11.2. The lowest BCUT2D eigenvalue weighted by atomic mass is 9.94. The van der Waals surface area contributed by atoms with Gasteiger partial charge in [-0.1, -0.05) is 164 Å². The molecule has 0 saturated heterocycles. The van der Waals surface area contributed by atoms with Crippen molar-refractivity contribution < 1.29 is 0 Å². The first kappa shape index (κ1) is 27.9. The summed E-state index contributed by atoms with van der Waals surface area (Å²) in [7, 11) is 0. The van der Waals surface area contributed by atoms with Crippen molar-refractivity contribution in [2.24, 2.45) is 0 Å². The van der Waals surface area contributed by atoms with E-state index in [1.165, 1.54) is 44.0 Å². The highest BCUT2D eigenvalue weighted by molar-refractivity contribution is 6.09.